The van der Waals surface area contributed by atoms with Crippen molar-refractivity contribution in [3.05, 3.63) is 36.5 Å². The Morgan fingerprint density at radius 1 is 1.47 bits per heavy atom. The molecule has 0 aliphatic heterocycles. The number of hydrogen-bond donors (Lipinski definition) is 1. The summed E-state index contributed by atoms with van der Waals surface area (Å²) in [5.74, 6) is 1.14. The Morgan fingerprint density at radius 2 is 2.35 bits per heavy atom. The molecule has 0 saturated heterocycles. The molecule has 0 radical (unpaired) electrons. The summed E-state index contributed by atoms with van der Waals surface area (Å²) < 4.78 is 7.35. The molecule has 3 rings (SSSR count). The average molecular weight is 228 g/mol. The van der Waals surface area contributed by atoms with Crippen LogP contribution in [0, 0.1) is 0 Å². The maximum absolute atomic E-state index is 5.90. The van der Waals surface area contributed by atoms with Crippen LogP contribution in [0.5, 0.6) is 0 Å². The fraction of sp³-hybridized carbons (Fsp3) is 0.167. The van der Waals surface area contributed by atoms with Crippen LogP contribution in [0.1, 0.15) is 12.6 Å². The van der Waals surface area contributed by atoms with Gasteiger partial charge in [-0.25, -0.2) is 9.97 Å². The van der Waals surface area contributed by atoms with E-state index in [1.807, 2.05) is 22.7 Å². The SMILES string of the molecule is CCc1c(-c2ccco2)nc(N)c2nccn12. The summed E-state index contributed by atoms with van der Waals surface area (Å²) in [6.07, 6.45) is 6.07. The number of aryl methyl sites for hydroxylation is 1. The predicted octanol–water partition coefficient (Wildman–Crippen LogP) is 2.13. The molecule has 0 fully saturated rings. The zero-order valence-corrected chi connectivity index (χ0v) is 9.42. The Morgan fingerprint density at radius 3 is 3.06 bits per heavy atom. The molecule has 0 unspecified atom stereocenters. The lowest BCUT2D eigenvalue weighted by Crippen LogP contribution is -2.05. The largest absolute Gasteiger partial charge is 0.463 e. The molecule has 3 aromatic heterocycles. The second-order valence-corrected chi connectivity index (χ2v) is 3.74. The number of fused-ring (bicyclic) bond motifs is 1. The molecule has 3 heterocycles. The van der Waals surface area contributed by atoms with Crippen molar-refractivity contribution in [2.75, 3.05) is 5.73 Å². The number of nitrogens with zero attached hydrogens (tertiary/aromatic N) is 3. The number of aromatic nitrogens is 3. The summed E-state index contributed by atoms with van der Waals surface area (Å²) in [5.41, 5.74) is 8.41. The lowest BCUT2D eigenvalue weighted by molar-refractivity contribution is 0.578. The van der Waals surface area contributed by atoms with Gasteiger partial charge in [0.2, 0.25) is 0 Å². The maximum atomic E-state index is 5.90. The Balaban J connectivity index is 2.38. The van der Waals surface area contributed by atoms with E-state index in [1.165, 1.54) is 0 Å². The molecular formula is C12H12N4O. The van der Waals surface area contributed by atoms with Crippen molar-refractivity contribution in [2.45, 2.75) is 13.3 Å². The monoisotopic (exact) mass is 228 g/mol. The second-order valence-electron chi connectivity index (χ2n) is 3.74. The number of nitrogen functional groups attached to an aromatic ring is 1. The van der Waals surface area contributed by atoms with Crippen LogP contribution in [0.2, 0.25) is 0 Å². The molecule has 5 heteroatoms. The van der Waals surface area contributed by atoms with Crippen molar-refractivity contribution in [2.24, 2.45) is 0 Å². The van der Waals surface area contributed by atoms with Gasteiger partial charge in [-0.05, 0) is 18.6 Å². The van der Waals surface area contributed by atoms with E-state index in [9.17, 15) is 0 Å². The van der Waals surface area contributed by atoms with E-state index in [-0.39, 0.29) is 0 Å². The smallest absolute Gasteiger partial charge is 0.180 e. The van der Waals surface area contributed by atoms with E-state index in [0.29, 0.717) is 11.5 Å². The Kier molecular flexibility index (Phi) is 2.11. The van der Waals surface area contributed by atoms with Crippen molar-refractivity contribution in [3.8, 4) is 11.5 Å². The molecule has 3 aromatic rings. The van der Waals surface area contributed by atoms with Crippen molar-refractivity contribution >= 4 is 11.5 Å². The van der Waals surface area contributed by atoms with Crippen LogP contribution in [0.4, 0.5) is 5.82 Å². The molecular weight excluding hydrogens is 216 g/mol. The zero-order chi connectivity index (χ0) is 11.8. The van der Waals surface area contributed by atoms with Gasteiger partial charge in [0, 0.05) is 12.4 Å². The standard InChI is InChI=1S/C12H12N4O/c1-2-8-10(9-4-3-7-17-9)15-11(13)12-14-5-6-16(8)12/h3-7H,2H2,1H3,(H2,13,15). The van der Waals surface area contributed by atoms with Crippen molar-refractivity contribution in [1.29, 1.82) is 0 Å². The first kappa shape index (κ1) is 9.89. The fourth-order valence-corrected chi connectivity index (χ4v) is 2.01. The van der Waals surface area contributed by atoms with Crippen LogP contribution >= 0.6 is 0 Å². The Bertz CT molecular complexity index is 655. The van der Waals surface area contributed by atoms with E-state index in [1.54, 1.807) is 12.5 Å². The molecule has 0 bridgehead atoms. The van der Waals surface area contributed by atoms with Crippen LogP contribution in [0.25, 0.3) is 17.1 Å². The van der Waals surface area contributed by atoms with Gasteiger partial charge in [0.05, 0.1) is 12.0 Å². The van der Waals surface area contributed by atoms with Crippen molar-refractivity contribution in [1.82, 2.24) is 14.4 Å². The predicted molar refractivity (Wildman–Crippen MR) is 64.5 cm³/mol. The topological polar surface area (TPSA) is 69.3 Å². The van der Waals surface area contributed by atoms with Crippen LogP contribution < -0.4 is 5.73 Å². The van der Waals surface area contributed by atoms with Crippen LogP contribution in [-0.2, 0) is 6.42 Å². The van der Waals surface area contributed by atoms with Crippen LogP contribution in [0.3, 0.4) is 0 Å². The highest BCUT2D eigenvalue weighted by molar-refractivity contribution is 5.67. The van der Waals surface area contributed by atoms with Gasteiger partial charge in [-0.15, -0.1) is 0 Å². The molecule has 0 aromatic carbocycles. The third-order valence-corrected chi connectivity index (χ3v) is 2.76. The molecule has 0 aliphatic carbocycles. The number of hydrogen-bond acceptors (Lipinski definition) is 4. The number of imidazole rings is 1. The Labute approximate surface area is 97.9 Å². The second kappa shape index (κ2) is 3.62. The van der Waals surface area contributed by atoms with E-state index >= 15 is 0 Å². The highest BCUT2D eigenvalue weighted by atomic mass is 16.3. The minimum atomic E-state index is 0.415. The van der Waals surface area contributed by atoms with Crippen LogP contribution in [0.15, 0.2) is 35.2 Å². The van der Waals surface area contributed by atoms with E-state index in [4.69, 9.17) is 10.2 Å². The molecule has 17 heavy (non-hydrogen) atoms. The molecule has 5 nitrogen and oxygen atoms in total. The van der Waals surface area contributed by atoms with E-state index < -0.39 is 0 Å². The third-order valence-electron chi connectivity index (χ3n) is 2.76. The lowest BCUT2D eigenvalue weighted by atomic mass is 10.2. The van der Waals surface area contributed by atoms with Gasteiger partial charge in [0.25, 0.3) is 0 Å². The summed E-state index contributed by atoms with van der Waals surface area (Å²) in [6, 6.07) is 3.72. The molecule has 86 valence electrons. The molecule has 0 aliphatic rings. The fourth-order valence-electron chi connectivity index (χ4n) is 2.01. The molecule has 0 atom stereocenters. The van der Waals surface area contributed by atoms with Gasteiger partial charge in [-0.3, -0.25) is 4.40 Å². The maximum Gasteiger partial charge on any atom is 0.180 e. The first-order chi connectivity index (χ1) is 8.31. The molecule has 0 saturated carbocycles. The highest BCUT2D eigenvalue weighted by Crippen LogP contribution is 2.25. The summed E-state index contributed by atoms with van der Waals surface area (Å²) in [4.78, 5) is 8.58. The third kappa shape index (κ3) is 1.39. The van der Waals surface area contributed by atoms with Crippen LogP contribution in [-0.4, -0.2) is 14.4 Å². The number of rotatable bonds is 2. The van der Waals surface area contributed by atoms with Gasteiger partial charge < -0.3 is 10.2 Å². The molecule has 2 N–H and O–H groups in total. The first-order valence-corrected chi connectivity index (χ1v) is 5.46. The number of anilines is 1. The van der Waals surface area contributed by atoms with E-state index in [0.717, 1.165) is 23.6 Å². The zero-order valence-electron chi connectivity index (χ0n) is 9.42. The first-order valence-electron chi connectivity index (χ1n) is 5.46. The highest BCUT2D eigenvalue weighted by Gasteiger charge is 2.14. The lowest BCUT2D eigenvalue weighted by Gasteiger charge is -2.09. The number of nitrogens with two attached hydrogens (primary N) is 1. The summed E-state index contributed by atoms with van der Waals surface area (Å²) in [7, 11) is 0. The van der Waals surface area contributed by atoms with E-state index in [2.05, 4.69) is 16.9 Å². The van der Waals surface area contributed by atoms with Gasteiger partial charge in [-0.1, -0.05) is 6.92 Å². The van der Waals surface area contributed by atoms with Gasteiger partial charge >= 0.3 is 0 Å². The average Bonchev–Trinajstić information content (AvgIpc) is 3.00. The van der Waals surface area contributed by atoms with Gasteiger partial charge in [0.1, 0.15) is 5.69 Å². The van der Waals surface area contributed by atoms with Gasteiger partial charge in [0.15, 0.2) is 17.2 Å². The summed E-state index contributed by atoms with van der Waals surface area (Å²) in [6.45, 7) is 2.07. The van der Waals surface area contributed by atoms with Crippen molar-refractivity contribution < 1.29 is 4.42 Å². The minimum absolute atomic E-state index is 0.415. The number of furan rings is 1. The molecule has 0 spiro atoms. The van der Waals surface area contributed by atoms with Gasteiger partial charge in [-0.2, -0.15) is 0 Å². The minimum Gasteiger partial charge on any atom is -0.463 e. The Hall–Kier alpha value is -2.30. The summed E-state index contributed by atoms with van der Waals surface area (Å²) >= 11 is 0. The molecule has 0 amide bonds. The quantitative estimate of drug-likeness (QED) is 0.729. The van der Waals surface area contributed by atoms with Crippen molar-refractivity contribution in [3.63, 3.8) is 0 Å². The summed E-state index contributed by atoms with van der Waals surface area (Å²) in [5, 5.41) is 0. The normalized spacial score (nSPS) is 11.1.